The van der Waals surface area contributed by atoms with Crippen molar-refractivity contribution in [1.29, 1.82) is 0 Å². The summed E-state index contributed by atoms with van der Waals surface area (Å²) in [5, 5.41) is 16.3. The summed E-state index contributed by atoms with van der Waals surface area (Å²) in [6.45, 7) is 4.03. The van der Waals surface area contributed by atoms with Gasteiger partial charge in [0, 0.05) is 22.2 Å². The highest BCUT2D eigenvalue weighted by molar-refractivity contribution is 6.50. The van der Waals surface area contributed by atoms with E-state index in [-0.39, 0.29) is 18.2 Å². The van der Waals surface area contributed by atoms with E-state index in [1.807, 2.05) is 30.5 Å². The van der Waals surface area contributed by atoms with Crippen molar-refractivity contribution < 1.29 is 14.3 Å². The van der Waals surface area contributed by atoms with E-state index in [9.17, 15) is 14.3 Å². The molecule has 0 fully saturated rings. The maximum Gasteiger partial charge on any atom is 0.292 e. The summed E-state index contributed by atoms with van der Waals surface area (Å²) >= 11 is 0. The van der Waals surface area contributed by atoms with Crippen molar-refractivity contribution in [3.8, 4) is 5.69 Å². The number of halogens is 1. The van der Waals surface area contributed by atoms with Crippen LogP contribution in [0.4, 0.5) is 4.39 Å². The zero-order valence-corrected chi connectivity index (χ0v) is 16.1. The van der Waals surface area contributed by atoms with E-state index in [0.29, 0.717) is 0 Å². The third-order valence-corrected chi connectivity index (χ3v) is 5.17. The fraction of sp³-hybridized carbons (Fsp3) is 0.238. The van der Waals surface area contributed by atoms with Gasteiger partial charge in [0.1, 0.15) is 5.82 Å². The lowest BCUT2D eigenvalue weighted by atomic mass is 9.51. The van der Waals surface area contributed by atoms with E-state index in [0.717, 1.165) is 38.8 Å². The predicted octanol–water partition coefficient (Wildman–Crippen LogP) is 3.85. The second-order valence-electron chi connectivity index (χ2n) is 7.68. The summed E-state index contributed by atoms with van der Waals surface area (Å²) in [5.41, 5.74) is 4.08. The summed E-state index contributed by atoms with van der Waals surface area (Å²) in [6.07, 6.45) is 1.67. The van der Waals surface area contributed by atoms with Crippen LogP contribution >= 0.6 is 0 Å². The Bertz CT molecular complexity index is 1230. The number of nitrogens with one attached hydrogen (secondary N) is 1. The quantitative estimate of drug-likeness (QED) is 0.513. The van der Waals surface area contributed by atoms with Gasteiger partial charge in [0.25, 0.3) is 5.97 Å². The van der Waals surface area contributed by atoms with E-state index in [4.69, 9.17) is 15.7 Å². The molecular formula is C21H18B2FN3O2. The maximum atomic E-state index is 13.5. The molecule has 0 bridgehead atoms. The van der Waals surface area contributed by atoms with Crippen LogP contribution in [0, 0.1) is 5.82 Å². The highest BCUT2D eigenvalue weighted by Crippen LogP contribution is 2.39. The standard InChI is InChI=1S/C21H18B2FN3O2/c1-11(2)19-16(9-21(22,23)20(28)29)15-8-17-12(10-25-26-17)7-18(15)27(19)14-5-3-13(24)4-6-14/h3-8,10-11H,9H2,1-2H3,(H,25,26)(H,28,29). The average molecular weight is 385 g/mol. The second-order valence-corrected chi connectivity index (χ2v) is 7.68. The van der Waals surface area contributed by atoms with Crippen LogP contribution in [-0.2, 0) is 11.2 Å². The first-order chi connectivity index (χ1) is 13.7. The number of H-pyrrole nitrogens is 1. The summed E-state index contributed by atoms with van der Waals surface area (Å²) in [6, 6.07) is 10.1. The number of aliphatic carboxylic acids is 1. The monoisotopic (exact) mass is 385 g/mol. The number of rotatable bonds is 5. The number of benzene rings is 2. The minimum atomic E-state index is -1.92. The van der Waals surface area contributed by atoms with Gasteiger partial charge in [-0.25, -0.2) is 4.39 Å². The molecule has 5 nitrogen and oxygen atoms in total. The third kappa shape index (κ3) is 3.22. The highest BCUT2D eigenvalue weighted by Gasteiger charge is 2.31. The topological polar surface area (TPSA) is 70.9 Å². The molecule has 4 rings (SSSR count). The third-order valence-electron chi connectivity index (χ3n) is 5.17. The smallest absolute Gasteiger partial charge is 0.292 e. The number of carbonyl (C=O) groups is 1. The number of nitrogens with zero attached hydrogens (tertiary/aromatic N) is 2. The van der Waals surface area contributed by atoms with Crippen molar-refractivity contribution in [1.82, 2.24) is 14.8 Å². The van der Waals surface area contributed by atoms with E-state index in [1.165, 1.54) is 12.1 Å². The molecule has 0 amide bonds. The summed E-state index contributed by atoms with van der Waals surface area (Å²) in [4.78, 5) is 11.6. The molecule has 29 heavy (non-hydrogen) atoms. The lowest BCUT2D eigenvalue weighted by Crippen LogP contribution is -2.27. The molecule has 8 heteroatoms. The van der Waals surface area contributed by atoms with Crippen LogP contribution in [0.2, 0.25) is 5.21 Å². The molecule has 4 radical (unpaired) electrons. The molecule has 0 aliphatic rings. The highest BCUT2D eigenvalue weighted by atomic mass is 19.1. The maximum absolute atomic E-state index is 13.5. The van der Waals surface area contributed by atoms with Gasteiger partial charge >= 0.3 is 0 Å². The molecular weight excluding hydrogens is 367 g/mol. The molecule has 0 aliphatic carbocycles. The second kappa shape index (κ2) is 6.79. The lowest BCUT2D eigenvalue weighted by Gasteiger charge is -2.22. The van der Waals surface area contributed by atoms with Gasteiger partial charge in [-0.15, -0.1) is 0 Å². The van der Waals surface area contributed by atoms with Gasteiger partial charge < -0.3 is 9.67 Å². The molecule has 4 aromatic rings. The van der Waals surface area contributed by atoms with Gasteiger partial charge in [-0.3, -0.25) is 9.89 Å². The van der Waals surface area contributed by atoms with Crippen LogP contribution in [0.5, 0.6) is 0 Å². The Kier molecular flexibility index (Phi) is 4.52. The van der Waals surface area contributed by atoms with Crippen LogP contribution in [0.1, 0.15) is 31.0 Å². The van der Waals surface area contributed by atoms with Gasteiger partial charge in [0.05, 0.1) is 32.9 Å². The molecule has 0 aliphatic heterocycles. The molecule has 0 saturated carbocycles. The Labute approximate surface area is 169 Å². The molecule has 2 aromatic carbocycles. The number of aromatic amines is 1. The number of hydrogen-bond donors (Lipinski definition) is 2. The van der Waals surface area contributed by atoms with Crippen molar-refractivity contribution >= 4 is 43.5 Å². The molecule has 0 atom stereocenters. The van der Waals surface area contributed by atoms with Crippen molar-refractivity contribution in [2.24, 2.45) is 0 Å². The molecule has 0 unspecified atom stereocenters. The number of aromatic nitrogens is 3. The number of hydrogen-bond acceptors (Lipinski definition) is 2. The summed E-state index contributed by atoms with van der Waals surface area (Å²) in [7, 11) is 11.8. The van der Waals surface area contributed by atoms with Crippen LogP contribution in [-0.4, -0.2) is 41.5 Å². The van der Waals surface area contributed by atoms with Gasteiger partial charge in [-0.2, -0.15) is 5.10 Å². The van der Waals surface area contributed by atoms with Crippen molar-refractivity contribution in [3.05, 3.63) is 59.7 Å². The Balaban J connectivity index is 2.10. The van der Waals surface area contributed by atoms with E-state index >= 15 is 0 Å². The number of fused-ring (bicyclic) bond motifs is 2. The first-order valence-corrected chi connectivity index (χ1v) is 9.26. The Morgan fingerprint density at radius 2 is 1.97 bits per heavy atom. The van der Waals surface area contributed by atoms with E-state index in [2.05, 4.69) is 10.2 Å². The van der Waals surface area contributed by atoms with Crippen LogP contribution < -0.4 is 0 Å². The van der Waals surface area contributed by atoms with E-state index in [1.54, 1.807) is 18.3 Å². The molecule has 2 heterocycles. The molecule has 2 aromatic heterocycles. The largest absolute Gasteiger partial charge is 0.482 e. The SMILES string of the molecule is [B]C([B])(Cc1c(C(C)C)n(-c2ccc(F)cc2)c2cc3cn[nH]c3cc12)C(=O)O. The first kappa shape index (κ1) is 19.3. The van der Waals surface area contributed by atoms with Gasteiger partial charge in [0.15, 0.2) is 0 Å². The minimum absolute atomic E-state index is 0.0310. The fourth-order valence-corrected chi connectivity index (χ4v) is 3.84. The van der Waals surface area contributed by atoms with Gasteiger partial charge in [-0.05, 0) is 59.5 Å². The van der Waals surface area contributed by atoms with Crippen molar-refractivity contribution in [2.45, 2.75) is 31.4 Å². The number of carboxylic acids is 1. The van der Waals surface area contributed by atoms with Crippen LogP contribution in [0.3, 0.4) is 0 Å². The predicted molar refractivity (Wildman–Crippen MR) is 113 cm³/mol. The first-order valence-electron chi connectivity index (χ1n) is 9.26. The summed E-state index contributed by atoms with van der Waals surface area (Å²) in [5.74, 6) is -1.58. The Hall–Kier alpha value is -3.02. The van der Waals surface area contributed by atoms with E-state index < -0.39 is 11.2 Å². The zero-order chi connectivity index (χ0) is 20.9. The van der Waals surface area contributed by atoms with Crippen molar-refractivity contribution in [2.75, 3.05) is 0 Å². The molecule has 2 N–H and O–H groups in total. The fourth-order valence-electron chi connectivity index (χ4n) is 3.84. The molecule has 0 spiro atoms. The Morgan fingerprint density at radius 1 is 1.28 bits per heavy atom. The van der Waals surface area contributed by atoms with Crippen LogP contribution in [0.25, 0.3) is 27.5 Å². The van der Waals surface area contributed by atoms with Gasteiger partial charge in [0.2, 0.25) is 0 Å². The minimum Gasteiger partial charge on any atom is -0.482 e. The molecule has 0 saturated heterocycles. The number of carboxylic acid groups (broad SMARTS) is 1. The normalized spacial score (nSPS) is 12.3. The van der Waals surface area contributed by atoms with Gasteiger partial charge in [-0.1, -0.05) is 13.8 Å². The van der Waals surface area contributed by atoms with Crippen LogP contribution in [0.15, 0.2) is 42.6 Å². The summed E-state index contributed by atoms with van der Waals surface area (Å²) < 4.78 is 15.6. The average Bonchev–Trinajstić information content (AvgIpc) is 3.22. The zero-order valence-electron chi connectivity index (χ0n) is 16.1. The van der Waals surface area contributed by atoms with Crippen molar-refractivity contribution in [3.63, 3.8) is 0 Å². The Morgan fingerprint density at radius 3 is 2.59 bits per heavy atom. The lowest BCUT2D eigenvalue weighted by molar-refractivity contribution is -0.138. The molecule has 142 valence electrons.